The first-order valence-corrected chi connectivity index (χ1v) is 12.5. The molecule has 5 rings (SSSR count). The minimum absolute atomic E-state index is 0.140. The molecule has 4 aliphatic carbocycles. The average Bonchev–Trinajstić information content (AvgIpc) is 3.10. The predicted molar refractivity (Wildman–Crippen MR) is 126 cm³/mol. The molecule has 4 aliphatic rings. The van der Waals surface area contributed by atoms with Gasteiger partial charge in [0.1, 0.15) is 0 Å². The summed E-state index contributed by atoms with van der Waals surface area (Å²) < 4.78 is 0. The molecule has 31 heavy (non-hydrogen) atoms. The van der Waals surface area contributed by atoms with Crippen LogP contribution in [0.3, 0.4) is 0 Å². The molecule has 0 radical (unpaired) electrons. The molecular formula is C29H38O2. The molecule has 166 valence electrons. The van der Waals surface area contributed by atoms with E-state index in [1.807, 2.05) is 12.2 Å². The Kier molecular flexibility index (Phi) is 5.28. The van der Waals surface area contributed by atoms with E-state index < -0.39 is 0 Å². The molecule has 1 aromatic rings. The van der Waals surface area contributed by atoms with Crippen molar-refractivity contribution in [2.24, 2.45) is 34.5 Å². The van der Waals surface area contributed by atoms with Gasteiger partial charge < -0.3 is 5.11 Å². The van der Waals surface area contributed by atoms with E-state index in [2.05, 4.69) is 51.1 Å². The van der Waals surface area contributed by atoms with Gasteiger partial charge in [-0.15, -0.1) is 0 Å². The lowest BCUT2D eigenvalue weighted by atomic mass is 9.47. The van der Waals surface area contributed by atoms with Crippen LogP contribution in [0.5, 0.6) is 0 Å². The summed E-state index contributed by atoms with van der Waals surface area (Å²) in [5.74, 6) is 2.61. The number of aliphatic hydroxyl groups is 1. The van der Waals surface area contributed by atoms with Crippen molar-refractivity contribution < 1.29 is 9.90 Å². The molecule has 1 aromatic carbocycles. The maximum absolute atomic E-state index is 13.3. The van der Waals surface area contributed by atoms with Gasteiger partial charge in [-0.25, -0.2) is 0 Å². The van der Waals surface area contributed by atoms with E-state index in [4.69, 9.17) is 0 Å². The van der Waals surface area contributed by atoms with Crippen LogP contribution >= 0.6 is 0 Å². The molecular weight excluding hydrogens is 380 g/mol. The lowest BCUT2D eigenvalue weighted by Gasteiger charge is -2.57. The average molecular weight is 419 g/mol. The zero-order chi connectivity index (χ0) is 21.8. The molecule has 3 fully saturated rings. The van der Waals surface area contributed by atoms with E-state index in [-0.39, 0.29) is 22.9 Å². The number of carbonyl (C=O) groups is 1. The number of carbonyl (C=O) groups excluding carboxylic acids is 1. The molecule has 0 saturated heterocycles. The molecule has 0 aromatic heterocycles. The summed E-state index contributed by atoms with van der Waals surface area (Å²) in [5, 5.41) is 10.2. The summed E-state index contributed by atoms with van der Waals surface area (Å²) >= 11 is 0. The van der Waals surface area contributed by atoms with Crippen molar-refractivity contribution in [1.82, 2.24) is 0 Å². The van der Waals surface area contributed by atoms with E-state index in [0.29, 0.717) is 17.6 Å². The summed E-state index contributed by atoms with van der Waals surface area (Å²) in [7, 11) is 0. The van der Waals surface area contributed by atoms with Crippen LogP contribution in [0.2, 0.25) is 0 Å². The number of hydrogen-bond acceptors (Lipinski definition) is 2. The number of rotatable bonds is 3. The fraction of sp³-hybridized carbons (Fsp3) is 0.621. The van der Waals surface area contributed by atoms with Gasteiger partial charge in [0.25, 0.3) is 0 Å². The van der Waals surface area contributed by atoms with Crippen molar-refractivity contribution in [3.63, 3.8) is 0 Å². The highest BCUT2D eigenvalue weighted by molar-refractivity contribution is 5.96. The highest BCUT2D eigenvalue weighted by Crippen LogP contribution is 2.66. The van der Waals surface area contributed by atoms with Crippen LogP contribution in [0.4, 0.5) is 0 Å². The first kappa shape index (κ1) is 21.2. The standard InChI is InChI=1S/C29H38O2/c1-19-5-4-6-20(17-19)7-12-27(31)26-11-10-24-23-9-8-21-18-22(30)13-15-28(21,2)25(23)14-16-29(24,26)3/h4-8,12,17,22-26,30H,9-11,13-16,18H2,1-3H3/b12-7+/t22-,23-,24-,25-,26+,28-,29-/m0/s1. The van der Waals surface area contributed by atoms with E-state index in [1.165, 1.54) is 30.4 Å². The molecule has 0 heterocycles. The topological polar surface area (TPSA) is 37.3 Å². The van der Waals surface area contributed by atoms with Gasteiger partial charge in [0.2, 0.25) is 0 Å². The zero-order valence-electron chi connectivity index (χ0n) is 19.4. The van der Waals surface area contributed by atoms with Crippen LogP contribution in [0, 0.1) is 41.4 Å². The SMILES string of the molecule is Cc1cccc(/C=C/C(=O)[C@H]2CC[C@H]3[C@@H]4CC=C5C[C@@H](O)CC[C@]5(C)[C@H]4CC[C@]23C)c1. The van der Waals surface area contributed by atoms with Crippen molar-refractivity contribution in [3.05, 3.63) is 53.1 Å². The van der Waals surface area contributed by atoms with Gasteiger partial charge in [-0.3, -0.25) is 4.79 Å². The second-order valence-corrected chi connectivity index (χ2v) is 11.5. The monoisotopic (exact) mass is 418 g/mol. The molecule has 1 N–H and O–H groups in total. The normalized spacial score (nSPS) is 41.9. The first-order chi connectivity index (χ1) is 14.8. The summed E-state index contributed by atoms with van der Waals surface area (Å²) in [5.41, 5.74) is 4.30. The van der Waals surface area contributed by atoms with Crippen LogP contribution in [-0.4, -0.2) is 17.0 Å². The van der Waals surface area contributed by atoms with Gasteiger partial charge in [0, 0.05) is 5.92 Å². The number of fused-ring (bicyclic) bond motifs is 5. The predicted octanol–water partition coefficient (Wildman–Crippen LogP) is 6.52. The van der Waals surface area contributed by atoms with Gasteiger partial charge in [-0.1, -0.05) is 61.4 Å². The third kappa shape index (κ3) is 3.46. The lowest BCUT2D eigenvalue weighted by Crippen LogP contribution is -2.50. The first-order valence-electron chi connectivity index (χ1n) is 12.5. The molecule has 7 atom stereocenters. The molecule has 0 aliphatic heterocycles. The Balaban J connectivity index is 1.36. The number of aryl methyl sites for hydroxylation is 1. The van der Waals surface area contributed by atoms with Crippen LogP contribution in [-0.2, 0) is 4.79 Å². The Morgan fingerprint density at radius 3 is 2.74 bits per heavy atom. The molecule has 3 saturated carbocycles. The van der Waals surface area contributed by atoms with Crippen LogP contribution < -0.4 is 0 Å². The van der Waals surface area contributed by atoms with Crippen molar-refractivity contribution in [3.8, 4) is 0 Å². The number of aliphatic hydroxyl groups excluding tert-OH is 1. The van der Waals surface area contributed by atoms with Gasteiger partial charge in [-0.2, -0.15) is 0 Å². The van der Waals surface area contributed by atoms with Crippen molar-refractivity contribution >= 4 is 11.9 Å². The molecule has 0 spiro atoms. The number of ketones is 1. The third-order valence-electron chi connectivity index (χ3n) is 9.90. The van der Waals surface area contributed by atoms with Gasteiger partial charge >= 0.3 is 0 Å². The highest BCUT2D eigenvalue weighted by Gasteiger charge is 2.59. The molecule has 2 nitrogen and oxygen atoms in total. The van der Waals surface area contributed by atoms with Gasteiger partial charge in [0.05, 0.1) is 6.10 Å². The Hall–Kier alpha value is -1.67. The molecule has 0 bridgehead atoms. The summed E-state index contributed by atoms with van der Waals surface area (Å²) in [6.07, 6.45) is 15.0. The summed E-state index contributed by atoms with van der Waals surface area (Å²) in [6, 6.07) is 8.37. The quantitative estimate of drug-likeness (QED) is 0.448. The summed E-state index contributed by atoms with van der Waals surface area (Å²) in [6.45, 7) is 7.00. The second kappa shape index (κ2) is 7.73. The van der Waals surface area contributed by atoms with Crippen LogP contribution in [0.15, 0.2) is 42.0 Å². The van der Waals surface area contributed by atoms with Crippen LogP contribution in [0.1, 0.15) is 76.3 Å². The van der Waals surface area contributed by atoms with Crippen molar-refractivity contribution in [2.75, 3.05) is 0 Å². The van der Waals surface area contributed by atoms with E-state index >= 15 is 0 Å². The maximum Gasteiger partial charge on any atom is 0.159 e. The molecule has 0 unspecified atom stereocenters. The van der Waals surface area contributed by atoms with Crippen molar-refractivity contribution in [1.29, 1.82) is 0 Å². The van der Waals surface area contributed by atoms with Gasteiger partial charge in [-0.05, 0) is 98.5 Å². The zero-order valence-corrected chi connectivity index (χ0v) is 19.4. The Morgan fingerprint density at radius 2 is 1.94 bits per heavy atom. The highest BCUT2D eigenvalue weighted by atomic mass is 16.3. The van der Waals surface area contributed by atoms with Crippen LogP contribution in [0.25, 0.3) is 6.08 Å². The Bertz CT molecular complexity index is 926. The third-order valence-corrected chi connectivity index (χ3v) is 9.90. The summed E-state index contributed by atoms with van der Waals surface area (Å²) in [4.78, 5) is 13.3. The Labute approximate surface area is 187 Å². The lowest BCUT2D eigenvalue weighted by molar-refractivity contribution is -0.124. The minimum Gasteiger partial charge on any atom is -0.393 e. The van der Waals surface area contributed by atoms with E-state index in [0.717, 1.165) is 43.6 Å². The number of allylic oxidation sites excluding steroid dienone is 2. The fourth-order valence-corrected chi connectivity index (χ4v) is 8.18. The number of benzene rings is 1. The second-order valence-electron chi connectivity index (χ2n) is 11.5. The molecule has 0 amide bonds. The largest absolute Gasteiger partial charge is 0.393 e. The Morgan fingerprint density at radius 1 is 1.10 bits per heavy atom. The molecule has 2 heteroatoms. The smallest absolute Gasteiger partial charge is 0.159 e. The maximum atomic E-state index is 13.3. The van der Waals surface area contributed by atoms with E-state index in [9.17, 15) is 9.90 Å². The van der Waals surface area contributed by atoms with Gasteiger partial charge in [0.15, 0.2) is 5.78 Å². The van der Waals surface area contributed by atoms with E-state index in [1.54, 1.807) is 0 Å². The fourth-order valence-electron chi connectivity index (χ4n) is 8.18. The minimum atomic E-state index is -0.140. The number of hydrogen-bond donors (Lipinski definition) is 1. The van der Waals surface area contributed by atoms with Crippen molar-refractivity contribution in [2.45, 2.75) is 78.2 Å².